The molecule has 0 radical (unpaired) electrons. The van der Waals surface area contributed by atoms with E-state index < -0.39 is 23.4 Å². The number of carbonyl (C=O) groups is 1. The lowest BCUT2D eigenvalue weighted by molar-refractivity contribution is -0.255. The summed E-state index contributed by atoms with van der Waals surface area (Å²) in [7, 11) is 0. The second-order valence-corrected chi connectivity index (χ2v) is 3.84. The van der Waals surface area contributed by atoms with Crippen LogP contribution in [0.1, 0.15) is 10.4 Å². The highest BCUT2D eigenvalue weighted by Gasteiger charge is 2.63. The van der Waals surface area contributed by atoms with E-state index in [-0.39, 0.29) is 10.0 Å². The fourth-order valence-corrected chi connectivity index (χ4v) is 1.25. The normalized spacial score (nSPS) is 12.6. The predicted molar refractivity (Wildman–Crippen MR) is 51.8 cm³/mol. The molecule has 1 nitrogen and oxygen atoms in total. The van der Waals surface area contributed by atoms with Crippen LogP contribution in [-0.2, 0) is 0 Å². The molecule has 0 saturated carbocycles. The highest BCUT2D eigenvalue weighted by atomic mass is 35.5. The zero-order valence-electron chi connectivity index (χ0n) is 7.79. The summed E-state index contributed by atoms with van der Waals surface area (Å²) in [5, 5.41) is -0.339. The molecule has 0 atom stereocenters. The maximum atomic E-state index is 12.7. The molecule has 0 bridgehead atoms. The van der Waals surface area contributed by atoms with Crippen molar-refractivity contribution in [2.24, 2.45) is 0 Å². The summed E-state index contributed by atoms with van der Waals surface area (Å²) in [6.07, 6.45) is -5.95. The molecule has 0 spiro atoms. The van der Waals surface area contributed by atoms with Crippen molar-refractivity contribution in [2.45, 2.75) is 12.1 Å². The summed E-state index contributed by atoms with van der Waals surface area (Å²) < 4.78 is 61.1. The van der Waals surface area contributed by atoms with Gasteiger partial charge < -0.3 is 0 Å². The molecule has 0 aliphatic carbocycles. The molecule has 0 aliphatic rings. The van der Waals surface area contributed by atoms with E-state index in [1.54, 1.807) is 0 Å². The number of alkyl halides is 5. The Bertz CT molecular complexity index is 455. The third-order valence-corrected chi connectivity index (χ3v) is 2.56. The van der Waals surface area contributed by atoms with Crippen molar-refractivity contribution in [2.75, 3.05) is 0 Å². The molecule has 0 heterocycles. The maximum Gasteiger partial charge on any atom is 0.461 e. The van der Waals surface area contributed by atoms with E-state index in [2.05, 4.69) is 0 Å². The topological polar surface area (TPSA) is 17.1 Å². The first-order valence-electron chi connectivity index (χ1n) is 4.02. The standard InChI is InChI=1S/C9H3Cl2F5O/c10-5-2-1-4(3-6(5)11)7(17)8(12,13)9(14,15)16/h1-3H. The molecule has 0 aliphatic heterocycles. The zero-order chi connectivity index (χ0) is 13.4. The van der Waals surface area contributed by atoms with Crippen LogP contribution in [0, 0.1) is 0 Å². The van der Waals surface area contributed by atoms with Crippen LogP contribution in [-0.4, -0.2) is 17.9 Å². The summed E-state index contributed by atoms with van der Waals surface area (Å²) in [4.78, 5) is 11.0. The lowest BCUT2D eigenvalue weighted by Gasteiger charge is -2.18. The lowest BCUT2D eigenvalue weighted by atomic mass is 10.1. The third-order valence-electron chi connectivity index (χ3n) is 1.82. The Balaban J connectivity index is 3.17. The Morgan fingerprint density at radius 1 is 1.00 bits per heavy atom. The van der Waals surface area contributed by atoms with Gasteiger partial charge in [0, 0.05) is 5.56 Å². The van der Waals surface area contributed by atoms with Gasteiger partial charge in [0.15, 0.2) is 0 Å². The van der Waals surface area contributed by atoms with Crippen LogP contribution < -0.4 is 0 Å². The Morgan fingerprint density at radius 2 is 1.53 bits per heavy atom. The van der Waals surface area contributed by atoms with Crippen LogP contribution in [0.15, 0.2) is 18.2 Å². The Hall–Kier alpha value is -0.880. The molecule has 0 aromatic heterocycles. The van der Waals surface area contributed by atoms with Gasteiger partial charge in [0.1, 0.15) is 0 Å². The summed E-state index contributed by atoms with van der Waals surface area (Å²) in [6.45, 7) is 0. The number of halogens is 7. The van der Waals surface area contributed by atoms with Crippen LogP contribution in [0.4, 0.5) is 22.0 Å². The maximum absolute atomic E-state index is 12.7. The Labute approximate surface area is 102 Å². The van der Waals surface area contributed by atoms with Crippen molar-refractivity contribution in [3.63, 3.8) is 0 Å². The smallest absolute Gasteiger partial charge is 0.287 e. The Morgan fingerprint density at radius 3 is 1.94 bits per heavy atom. The molecule has 17 heavy (non-hydrogen) atoms. The number of rotatable bonds is 2. The molecular formula is C9H3Cl2F5O. The summed E-state index contributed by atoms with van der Waals surface area (Å²) in [5.41, 5.74) is -0.860. The monoisotopic (exact) mass is 292 g/mol. The van der Waals surface area contributed by atoms with Gasteiger partial charge in [-0.2, -0.15) is 22.0 Å². The highest BCUT2D eigenvalue weighted by molar-refractivity contribution is 6.42. The van der Waals surface area contributed by atoms with Crippen molar-refractivity contribution >= 4 is 29.0 Å². The quantitative estimate of drug-likeness (QED) is 0.584. The summed E-state index contributed by atoms with van der Waals surface area (Å²) >= 11 is 10.8. The van der Waals surface area contributed by atoms with Gasteiger partial charge in [-0.1, -0.05) is 23.2 Å². The van der Waals surface area contributed by atoms with Crippen LogP contribution in [0.3, 0.4) is 0 Å². The van der Waals surface area contributed by atoms with Crippen molar-refractivity contribution in [1.82, 2.24) is 0 Å². The van der Waals surface area contributed by atoms with Crippen LogP contribution >= 0.6 is 23.2 Å². The number of hydrogen-bond acceptors (Lipinski definition) is 1. The fourth-order valence-electron chi connectivity index (χ4n) is 0.947. The van der Waals surface area contributed by atoms with Gasteiger partial charge >= 0.3 is 12.1 Å². The molecule has 1 aromatic carbocycles. The van der Waals surface area contributed by atoms with Gasteiger partial charge in [0.05, 0.1) is 10.0 Å². The molecule has 94 valence electrons. The number of ketones is 1. The SMILES string of the molecule is O=C(c1ccc(Cl)c(Cl)c1)C(F)(F)C(F)(F)F. The van der Waals surface area contributed by atoms with Gasteiger partial charge in [-0.05, 0) is 18.2 Å². The second kappa shape index (κ2) is 4.42. The lowest BCUT2D eigenvalue weighted by Crippen LogP contribution is -2.44. The third kappa shape index (κ3) is 2.69. The number of carbonyl (C=O) groups excluding carboxylic acids is 1. The minimum atomic E-state index is -5.95. The first kappa shape index (κ1) is 14.2. The molecule has 0 fully saturated rings. The molecule has 8 heteroatoms. The molecule has 1 rings (SSSR count). The van der Waals surface area contributed by atoms with Crippen molar-refractivity contribution in [3.05, 3.63) is 33.8 Å². The molecular weight excluding hydrogens is 290 g/mol. The van der Waals surface area contributed by atoms with E-state index >= 15 is 0 Å². The van der Waals surface area contributed by atoms with Crippen molar-refractivity contribution in [1.29, 1.82) is 0 Å². The van der Waals surface area contributed by atoms with E-state index in [9.17, 15) is 26.7 Å². The number of hydrogen-bond donors (Lipinski definition) is 0. The number of Topliss-reactive ketones (excluding diaryl/α,β-unsaturated/α-hetero) is 1. The fraction of sp³-hybridized carbons (Fsp3) is 0.222. The highest BCUT2D eigenvalue weighted by Crippen LogP contribution is 2.38. The largest absolute Gasteiger partial charge is 0.461 e. The van der Waals surface area contributed by atoms with Gasteiger partial charge in [-0.15, -0.1) is 0 Å². The molecule has 0 N–H and O–H groups in total. The van der Waals surface area contributed by atoms with Gasteiger partial charge in [-0.3, -0.25) is 4.79 Å². The minimum Gasteiger partial charge on any atom is -0.287 e. The van der Waals surface area contributed by atoms with E-state index in [4.69, 9.17) is 23.2 Å². The van der Waals surface area contributed by atoms with Crippen molar-refractivity contribution in [3.8, 4) is 0 Å². The first-order valence-corrected chi connectivity index (χ1v) is 4.77. The second-order valence-electron chi connectivity index (χ2n) is 3.03. The van der Waals surface area contributed by atoms with E-state index in [1.165, 1.54) is 0 Å². The molecule has 0 unspecified atom stereocenters. The van der Waals surface area contributed by atoms with Gasteiger partial charge in [-0.25, -0.2) is 0 Å². The van der Waals surface area contributed by atoms with Crippen molar-refractivity contribution < 1.29 is 26.7 Å². The average Bonchev–Trinajstić information content (AvgIpc) is 2.19. The van der Waals surface area contributed by atoms with Crippen LogP contribution in [0.2, 0.25) is 10.0 Å². The van der Waals surface area contributed by atoms with Gasteiger partial charge in [0.25, 0.3) is 0 Å². The first-order chi connectivity index (χ1) is 7.57. The van der Waals surface area contributed by atoms with E-state index in [0.29, 0.717) is 6.07 Å². The van der Waals surface area contributed by atoms with E-state index in [1.807, 2.05) is 0 Å². The summed E-state index contributed by atoms with van der Waals surface area (Å²) in [6, 6.07) is 2.37. The van der Waals surface area contributed by atoms with E-state index in [0.717, 1.165) is 12.1 Å². The average molecular weight is 293 g/mol. The van der Waals surface area contributed by atoms with Gasteiger partial charge in [0.2, 0.25) is 5.78 Å². The van der Waals surface area contributed by atoms with Crippen LogP contribution in [0.5, 0.6) is 0 Å². The molecule has 1 aromatic rings. The molecule has 0 saturated heterocycles. The zero-order valence-corrected chi connectivity index (χ0v) is 9.30. The summed E-state index contributed by atoms with van der Waals surface area (Å²) in [5.74, 6) is -7.83. The predicted octanol–water partition coefficient (Wildman–Crippen LogP) is 4.37. The minimum absolute atomic E-state index is 0.0569. The number of benzene rings is 1. The van der Waals surface area contributed by atoms with Crippen LogP contribution in [0.25, 0.3) is 0 Å². The molecule has 0 amide bonds. The Kier molecular flexibility index (Phi) is 3.69.